The third-order valence-electron chi connectivity index (χ3n) is 14.3. The van der Waals surface area contributed by atoms with Gasteiger partial charge in [-0.25, -0.2) is 0 Å². The Bertz CT molecular complexity index is 2890. The van der Waals surface area contributed by atoms with E-state index in [9.17, 15) is 14.9 Å². The summed E-state index contributed by atoms with van der Waals surface area (Å²) < 4.78 is 0. The molecule has 1 aliphatic carbocycles. The Kier molecular flexibility index (Phi) is 13.4. The Morgan fingerprint density at radius 3 is 1.96 bits per heavy atom. The summed E-state index contributed by atoms with van der Waals surface area (Å²) in [6.45, 7) is 9.64. The minimum atomic E-state index is -1.27. The van der Waals surface area contributed by atoms with Crippen LogP contribution in [0.15, 0.2) is 138 Å². The van der Waals surface area contributed by atoms with E-state index in [2.05, 4.69) is 80.2 Å². The minimum absolute atomic E-state index is 0.218. The molecule has 6 aromatic carbocycles. The lowest BCUT2D eigenvalue weighted by Crippen LogP contribution is -2.34. The molecule has 2 amide bonds. The monoisotopic (exact) mass is 903 g/mol. The second-order valence-electron chi connectivity index (χ2n) is 19.2. The average Bonchev–Trinajstić information content (AvgIpc) is 4.14. The normalized spacial score (nSPS) is 18.2. The van der Waals surface area contributed by atoms with Crippen molar-refractivity contribution in [3.63, 3.8) is 0 Å². The fraction of sp³-hybridized carbons (Fsp3) is 0.316. The van der Waals surface area contributed by atoms with Crippen LogP contribution in [-0.4, -0.2) is 38.0 Å². The SMILES string of the molecule is Cc1cc(C#N)c(NC(=O)c2cccc(N3CCC(CC4C[C@@H]4c4cccc(-c5cc(NC(=O)c6cccc(N7CCCCC7)c6)c(C(C)(N)/N=N\N)cc5C)c4)CC3)c2)cc1-c1ccccc1. The number of amides is 2. The van der Waals surface area contributed by atoms with Crippen LogP contribution in [0.2, 0.25) is 0 Å². The van der Waals surface area contributed by atoms with E-state index < -0.39 is 5.66 Å². The number of hydrogen-bond acceptors (Lipinski definition) is 8. The summed E-state index contributed by atoms with van der Waals surface area (Å²) in [7, 11) is 0. The summed E-state index contributed by atoms with van der Waals surface area (Å²) in [4.78, 5) is 32.3. The van der Waals surface area contributed by atoms with E-state index in [4.69, 9.17) is 11.6 Å². The summed E-state index contributed by atoms with van der Waals surface area (Å²) >= 11 is 0. The molecule has 1 saturated carbocycles. The van der Waals surface area contributed by atoms with Gasteiger partial charge < -0.3 is 32.0 Å². The number of carbonyl (C=O) groups is 2. The third kappa shape index (κ3) is 10.2. The second-order valence-corrected chi connectivity index (χ2v) is 19.2. The van der Waals surface area contributed by atoms with Crippen molar-refractivity contribution in [1.29, 1.82) is 5.26 Å². The molecule has 2 heterocycles. The summed E-state index contributed by atoms with van der Waals surface area (Å²) in [6, 6.07) is 44.6. The highest BCUT2D eigenvalue weighted by molar-refractivity contribution is 6.06. The Labute approximate surface area is 400 Å². The largest absolute Gasteiger partial charge is 0.372 e. The molecule has 346 valence electrons. The Hall–Kier alpha value is -7.29. The van der Waals surface area contributed by atoms with Gasteiger partial charge in [0.05, 0.1) is 11.3 Å². The van der Waals surface area contributed by atoms with Crippen LogP contribution in [0.25, 0.3) is 22.3 Å². The number of rotatable bonds is 13. The van der Waals surface area contributed by atoms with E-state index in [1.54, 1.807) is 6.92 Å². The molecule has 3 fully saturated rings. The van der Waals surface area contributed by atoms with Crippen molar-refractivity contribution >= 4 is 34.6 Å². The number of aryl methyl sites for hydroxylation is 2. The van der Waals surface area contributed by atoms with Crippen molar-refractivity contribution < 1.29 is 9.59 Å². The number of nitriles is 1. The standard InChI is InChI=1S/C57H61N9O2/c1-37-27-46(36-58)53(34-49(37)40-13-6-4-7-14-40)61-55(67)43-17-12-20-48(32-43)66-25-21-39(22-26-66)29-45-33-51(45)42-16-10-15-41(30-42)50-35-54(52(28-38(50)2)57(3,59)63-64-60)62-56(68)44-18-11-19-47(31-44)65-23-8-5-9-24-65/h4,6-7,10-20,27-28,30-32,34-35,39,45,51H,5,8-9,21-26,29,33,59H2,1-3H3,(H2,60,63)(H,61,67)(H,62,68)/t45?,51-,57?/m1/s1. The first-order valence-electron chi connectivity index (χ1n) is 24.1. The van der Waals surface area contributed by atoms with E-state index in [1.165, 1.54) is 24.8 Å². The Morgan fingerprint density at radius 1 is 0.706 bits per heavy atom. The smallest absolute Gasteiger partial charge is 0.255 e. The number of nitrogens with zero attached hydrogens (tertiary/aromatic N) is 5. The van der Waals surface area contributed by atoms with Crippen LogP contribution in [0, 0.1) is 37.0 Å². The number of carbonyl (C=O) groups excluding carboxylic acids is 2. The topological polar surface area (TPSA) is 165 Å². The van der Waals surface area contributed by atoms with Crippen LogP contribution < -0.4 is 32.0 Å². The molecule has 6 N–H and O–H groups in total. The molecule has 2 unspecified atom stereocenters. The Morgan fingerprint density at radius 2 is 1.29 bits per heavy atom. The number of anilines is 4. The van der Waals surface area contributed by atoms with Crippen LogP contribution >= 0.6 is 0 Å². The predicted molar refractivity (Wildman–Crippen MR) is 274 cm³/mol. The first-order chi connectivity index (χ1) is 33.0. The number of nitrogens with one attached hydrogen (secondary N) is 2. The second kappa shape index (κ2) is 19.9. The summed E-state index contributed by atoms with van der Waals surface area (Å²) in [5, 5.41) is 23.8. The lowest BCUT2D eigenvalue weighted by molar-refractivity contribution is 0.101. The van der Waals surface area contributed by atoms with Crippen molar-refractivity contribution in [3.05, 3.63) is 166 Å². The third-order valence-corrected chi connectivity index (χ3v) is 14.3. The van der Waals surface area contributed by atoms with E-state index in [-0.39, 0.29) is 11.8 Å². The lowest BCUT2D eigenvalue weighted by atomic mass is 9.89. The molecule has 3 aliphatic rings. The van der Waals surface area contributed by atoms with Gasteiger partial charge >= 0.3 is 0 Å². The van der Waals surface area contributed by atoms with Crippen molar-refractivity contribution in [3.8, 4) is 28.3 Å². The molecule has 2 saturated heterocycles. The van der Waals surface area contributed by atoms with E-state index in [0.717, 1.165) is 96.6 Å². The van der Waals surface area contributed by atoms with Crippen LogP contribution in [0.1, 0.15) is 106 Å². The zero-order valence-corrected chi connectivity index (χ0v) is 39.3. The maximum absolute atomic E-state index is 14.0. The van der Waals surface area contributed by atoms with Crippen LogP contribution in [0.4, 0.5) is 22.7 Å². The average molecular weight is 904 g/mol. The molecule has 0 bridgehead atoms. The zero-order valence-electron chi connectivity index (χ0n) is 39.3. The lowest BCUT2D eigenvalue weighted by Gasteiger charge is -2.34. The zero-order chi connectivity index (χ0) is 47.4. The van der Waals surface area contributed by atoms with Gasteiger partial charge in [0.15, 0.2) is 5.66 Å². The molecular weight excluding hydrogens is 843 g/mol. The van der Waals surface area contributed by atoms with Crippen LogP contribution in [0.3, 0.4) is 0 Å². The molecule has 68 heavy (non-hydrogen) atoms. The fourth-order valence-electron chi connectivity index (χ4n) is 10.5. The number of benzene rings is 6. The number of piperidine rings is 2. The summed E-state index contributed by atoms with van der Waals surface area (Å²) in [5.74, 6) is 6.84. The van der Waals surface area contributed by atoms with Crippen LogP contribution in [-0.2, 0) is 5.66 Å². The van der Waals surface area contributed by atoms with E-state index in [1.807, 2.05) is 97.9 Å². The molecule has 2 aliphatic heterocycles. The molecular formula is C57H61N9O2. The highest BCUT2D eigenvalue weighted by Crippen LogP contribution is 2.52. The molecule has 0 aromatic heterocycles. The van der Waals surface area contributed by atoms with Gasteiger partial charge in [0, 0.05) is 59.9 Å². The van der Waals surface area contributed by atoms with Gasteiger partial charge in [-0.1, -0.05) is 72.0 Å². The predicted octanol–water partition coefficient (Wildman–Crippen LogP) is 11.9. The van der Waals surface area contributed by atoms with Gasteiger partial charge in [-0.15, -0.1) is 5.11 Å². The first-order valence-corrected chi connectivity index (χ1v) is 24.1. The van der Waals surface area contributed by atoms with Gasteiger partial charge in [0.25, 0.3) is 11.8 Å². The molecule has 6 aromatic rings. The quantitative estimate of drug-likeness (QED) is 0.0509. The minimum Gasteiger partial charge on any atom is -0.372 e. The summed E-state index contributed by atoms with van der Waals surface area (Å²) in [6.07, 6.45) is 8.12. The molecule has 11 heteroatoms. The fourth-order valence-corrected chi connectivity index (χ4v) is 10.5. The van der Waals surface area contributed by atoms with Crippen molar-refractivity contribution in [2.24, 2.45) is 33.7 Å². The van der Waals surface area contributed by atoms with Gasteiger partial charge in [-0.3, -0.25) is 9.59 Å². The highest BCUT2D eigenvalue weighted by atomic mass is 16.2. The molecule has 3 atom stereocenters. The summed E-state index contributed by atoms with van der Waals surface area (Å²) in [5.41, 5.74) is 18.3. The van der Waals surface area contributed by atoms with Gasteiger partial charge in [-0.2, -0.15) is 5.26 Å². The Balaban J connectivity index is 0.841. The van der Waals surface area contributed by atoms with Gasteiger partial charge in [0.2, 0.25) is 0 Å². The number of hydrogen-bond donors (Lipinski definition) is 4. The van der Waals surface area contributed by atoms with E-state index >= 15 is 0 Å². The number of nitrogens with two attached hydrogens (primary N) is 2. The van der Waals surface area contributed by atoms with Gasteiger partial charge in [-0.05, 0) is 183 Å². The molecule has 11 nitrogen and oxygen atoms in total. The molecule has 9 rings (SSSR count). The van der Waals surface area contributed by atoms with Crippen LogP contribution in [0.5, 0.6) is 0 Å². The molecule has 0 spiro atoms. The van der Waals surface area contributed by atoms with E-state index in [0.29, 0.717) is 51.4 Å². The maximum Gasteiger partial charge on any atom is 0.255 e. The van der Waals surface area contributed by atoms with Crippen molar-refractivity contribution in [2.75, 3.05) is 46.6 Å². The van der Waals surface area contributed by atoms with Crippen molar-refractivity contribution in [1.82, 2.24) is 0 Å². The maximum atomic E-state index is 14.0. The highest BCUT2D eigenvalue weighted by Gasteiger charge is 2.40. The molecule has 0 radical (unpaired) electrons. The van der Waals surface area contributed by atoms with Crippen molar-refractivity contribution in [2.45, 2.75) is 77.3 Å². The first kappa shape index (κ1) is 45.8. The van der Waals surface area contributed by atoms with Gasteiger partial charge in [0.1, 0.15) is 6.07 Å².